The summed E-state index contributed by atoms with van der Waals surface area (Å²) in [4.78, 5) is 19.9. The zero-order valence-corrected chi connectivity index (χ0v) is 18.0. The van der Waals surface area contributed by atoms with Gasteiger partial charge in [0.1, 0.15) is 17.5 Å². The normalized spacial score (nSPS) is 16.5. The molecule has 0 bridgehead atoms. The number of hydrogen-bond acceptors (Lipinski definition) is 5. The number of anilines is 1. The first-order valence-electron chi connectivity index (χ1n) is 10.8. The molecule has 3 heterocycles. The molecule has 1 aliphatic rings. The van der Waals surface area contributed by atoms with Gasteiger partial charge in [-0.2, -0.15) is 0 Å². The van der Waals surface area contributed by atoms with Crippen molar-refractivity contribution in [2.45, 2.75) is 65.5 Å². The highest BCUT2D eigenvalue weighted by atomic mass is 15.2. The zero-order valence-electron chi connectivity index (χ0n) is 18.0. The largest absolute Gasteiger partial charge is 0.356 e. The van der Waals surface area contributed by atoms with Crippen LogP contribution >= 0.6 is 0 Å². The fraction of sp³-hybridized carbons (Fsp3) is 0.522. The summed E-state index contributed by atoms with van der Waals surface area (Å²) in [6.45, 7) is 10.5. The van der Waals surface area contributed by atoms with Gasteiger partial charge in [0.25, 0.3) is 0 Å². The van der Waals surface area contributed by atoms with E-state index in [2.05, 4.69) is 59.2 Å². The van der Waals surface area contributed by atoms with E-state index in [0.717, 1.165) is 67.3 Å². The van der Waals surface area contributed by atoms with E-state index in [4.69, 9.17) is 9.97 Å². The van der Waals surface area contributed by atoms with Gasteiger partial charge in [0.2, 0.25) is 0 Å². The lowest BCUT2D eigenvalue weighted by atomic mass is 10.0. The van der Waals surface area contributed by atoms with Gasteiger partial charge in [0.05, 0.1) is 17.1 Å². The molecule has 0 amide bonds. The molecular formula is C23H32N6. The summed E-state index contributed by atoms with van der Waals surface area (Å²) in [7, 11) is 0. The van der Waals surface area contributed by atoms with Gasteiger partial charge < -0.3 is 15.2 Å². The van der Waals surface area contributed by atoms with E-state index in [9.17, 15) is 0 Å². The van der Waals surface area contributed by atoms with Crippen LogP contribution in [0.1, 0.15) is 61.9 Å². The van der Waals surface area contributed by atoms with Crippen molar-refractivity contribution < 1.29 is 0 Å². The number of benzene rings is 1. The van der Waals surface area contributed by atoms with Crippen LogP contribution in [0.25, 0.3) is 11.0 Å². The second-order valence-electron chi connectivity index (χ2n) is 8.31. The number of nitrogens with one attached hydrogen (secondary N) is 2. The Balaban J connectivity index is 1.39. The van der Waals surface area contributed by atoms with Crippen molar-refractivity contribution >= 4 is 16.9 Å². The minimum atomic E-state index is 0.205. The van der Waals surface area contributed by atoms with Crippen molar-refractivity contribution in [2.24, 2.45) is 0 Å². The van der Waals surface area contributed by atoms with E-state index >= 15 is 0 Å². The van der Waals surface area contributed by atoms with Gasteiger partial charge in [-0.1, -0.05) is 19.4 Å². The van der Waals surface area contributed by atoms with E-state index in [1.54, 1.807) is 0 Å². The number of aromatic amines is 1. The van der Waals surface area contributed by atoms with Crippen LogP contribution < -0.4 is 10.2 Å². The summed E-state index contributed by atoms with van der Waals surface area (Å²) >= 11 is 0. The van der Waals surface area contributed by atoms with Gasteiger partial charge in [-0.15, -0.1) is 0 Å². The topological polar surface area (TPSA) is 69.7 Å². The fourth-order valence-electron chi connectivity index (χ4n) is 4.24. The molecule has 1 aromatic carbocycles. The summed E-state index contributed by atoms with van der Waals surface area (Å²) in [6, 6.07) is 7.06. The Morgan fingerprint density at radius 2 is 2.00 bits per heavy atom. The molecule has 1 unspecified atom stereocenters. The molecule has 2 N–H and O–H groups in total. The number of H-pyrrole nitrogens is 1. The molecule has 0 radical (unpaired) electrons. The quantitative estimate of drug-likeness (QED) is 0.656. The molecule has 6 nitrogen and oxygen atoms in total. The first-order chi connectivity index (χ1) is 14.0. The lowest BCUT2D eigenvalue weighted by Gasteiger charge is -2.35. The molecular weight excluding hydrogens is 360 g/mol. The Bertz CT molecular complexity index is 971. The van der Waals surface area contributed by atoms with E-state index in [0.29, 0.717) is 6.04 Å². The van der Waals surface area contributed by atoms with Gasteiger partial charge >= 0.3 is 0 Å². The molecule has 1 aliphatic heterocycles. The van der Waals surface area contributed by atoms with Crippen molar-refractivity contribution in [2.75, 3.05) is 18.0 Å². The second-order valence-corrected chi connectivity index (χ2v) is 8.31. The van der Waals surface area contributed by atoms with Gasteiger partial charge in [0, 0.05) is 30.9 Å². The Kier molecular flexibility index (Phi) is 5.81. The van der Waals surface area contributed by atoms with Gasteiger partial charge in [-0.05, 0) is 57.7 Å². The summed E-state index contributed by atoms with van der Waals surface area (Å²) in [5.74, 6) is 3.01. The van der Waals surface area contributed by atoms with E-state index in [1.165, 1.54) is 11.1 Å². The molecule has 0 saturated carbocycles. The number of piperidine rings is 1. The van der Waals surface area contributed by atoms with Crippen LogP contribution in [0.5, 0.6) is 0 Å². The Morgan fingerprint density at radius 1 is 1.21 bits per heavy atom. The summed E-state index contributed by atoms with van der Waals surface area (Å²) in [5, 5.41) is 3.78. The van der Waals surface area contributed by atoms with Gasteiger partial charge in [-0.25, -0.2) is 15.0 Å². The highest BCUT2D eigenvalue weighted by Gasteiger charge is 2.24. The van der Waals surface area contributed by atoms with E-state index in [1.807, 2.05) is 13.1 Å². The first-order valence-corrected chi connectivity index (χ1v) is 10.8. The summed E-state index contributed by atoms with van der Waals surface area (Å²) in [6.07, 6.45) is 6.38. The number of imidazole rings is 1. The number of hydrogen-bond donors (Lipinski definition) is 2. The van der Waals surface area contributed by atoms with E-state index < -0.39 is 0 Å². The predicted octanol–water partition coefficient (Wildman–Crippen LogP) is 4.24. The maximum atomic E-state index is 4.78. The molecule has 0 spiro atoms. The Hall–Kier alpha value is -2.47. The predicted molar refractivity (Wildman–Crippen MR) is 118 cm³/mol. The monoisotopic (exact) mass is 392 g/mol. The third-order valence-electron chi connectivity index (χ3n) is 5.83. The van der Waals surface area contributed by atoms with Crippen molar-refractivity contribution in [3.8, 4) is 0 Å². The molecule has 154 valence electrons. The Morgan fingerprint density at radius 3 is 2.76 bits per heavy atom. The standard InChI is InChI=1S/C23H32N6/c1-5-6-18-14-24-17(4)26-23(18)29-11-9-19(10-12-29)25-16(3)22-27-20-8-7-15(2)13-21(20)28-22/h7-8,13-14,16,19,25H,5-6,9-12H2,1-4H3,(H,27,28). The molecule has 1 atom stereocenters. The molecule has 4 rings (SSSR count). The average Bonchev–Trinajstić information content (AvgIpc) is 3.13. The lowest BCUT2D eigenvalue weighted by Crippen LogP contribution is -2.44. The number of fused-ring (bicyclic) bond motifs is 1. The number of nitrogens with zero attached hydrogens (tertiary/aromatic N) is 4. The molecule has 3 aromatic rings. The minimum Gasteiger partial charge on any atom is -0.356 e. The van der Waals surface area contributed by atoms with Crippen LogP contribution in [-0.2, 0) is 6.42 Å². The van der Waals surface area contributed by atoms with E-state index in [-0.39, 0.29) is 6.04 Å². The summed E-state index contributed by atoms with van der Waals surface area (Å²) in [5.41, 5.74) is 4.68. The molecule has 1 saturated heterocycles. The third-order valence-corrected chi connectivity index (χ3v) is 5.83. The smallest absolute Gasteiger partial charge is 0.135 e. The maximum absolute atomic E-state index is 4.78. The van der Waals surface area contributed by atoms with Crippen LogP contribution in [0.3, 0.4) is 0 Å². The second kappa shape index (κ2) is 8.49. The van der Waals surface area contributed by atoms with Crippen molar-refractivity contribution in [1.29, 1.82) is 0 Å². The molecule has 29 heavy (non-hydrogen) atoms. The summed E-state index contributed by atoms with van der Waals surface area (Å²) < 4.78 is 0. The highest BCUT2D eigenvalue weighted by Crippen LogP contribution is 2.24. The number of aryl methyl sites for hydroxylation is 3. The van der Waals surface area contributed by atoms with Crippen LogP contribution in [-0.4, -0.2) is 39.1 Å². The van der Waals surface area contributed by atoms with Crippen LogP contribution in [0, 0.1) is 13.8 Å². The number of aromatic nitrogens is 4. The van der Waals surface area contributed by atoms with Gasteiger partial charge in [-0.3, -0.25) is 0 Å². The van der Waals surface area contributed by atoms with Crippen molar-refractivity contribution in [1.82, 2.24) is 25.3 Å². The molecule has 2 aromatic heterocycles. The first kappa shape index (κ1) is 19.8. The minimum absolute atomic E-state index is 0.205. The van der Waals surface area contributed by atoms with Crippen LogP contribution in [0.2, 0.25) is 0 Å². The average molecular weight is 393 g/mol. The Labute approximate surface area is 173 Å². The van der Waals surface area contributed by atoms with Crippen LogP contribution in [0.4, 0.5) is 5.82 Å². The molecule has 0 aliphatic carbocycles. The molecule has 1 fully saturated rings. The third kappa shape index (κ3) is 4.42. The van der Waals surface area contributed by atoms with Crippen molar-refractivity contribution in [3.05, 3.63) is 47.2 Å². The highest BCUT2D eigenvalue weighted by molar-refractivity contribution is 5.75. The maximum Gasteiger partial charge on any atom is 0.135 e. The van der Waals surface area contributed by atoms with Crippen LogP contribution in [0.15, 0.2) is 24.4 Å². The fourth-order valence-corrected chi connectivity index (χ4v) is 4.24. The number of rotatable bonds is 6. The SMILES string of the molecule is CCCc1cnc(C)nc1N1CCC(NC(C)c2nc3ccc(C)cc3[nH]2)CC1. The van der Waals surface area contributed by atoms with Gasteiger partial charge in [0.15, 0.2) is 0 Å². The van der Waals surface area contributed by atoms with Crippen molar-refractivity contribution in [3.63, 3.8) is 0 Å². The molecule has 6 heteroatoms. The zero-order chi connectivity index (χ0) is 20.4. The lowest BCUT2D eigenvalue weighted by molar-refractivity contribution is 0.374.